The number of halogens is 1. The third kappa shape index (κ3) is 6.04. The molecule has 4 rings (SSSR count). The molecule has 7 nitrogen and oxygen atoms in total. The van der Waals surface area contributed by atoms with Crippen LogP contribution in [-0.2, 0) is 13.0 Å². The summed E-state index contributed by atoms with van der Waals surface area (Å²) >= 11 is 0. The van der Waals surface area contributed by atoms with Crippen LogP contribution in [-0.4, -0.2) is 49.9 Å². The lowest BCUT2D eigenvalue weighted by molar-refractivity contribution is 0.174. The lowest BCUT2D eigenvalue weighted by Gasteiger charge is -2.24. The molecule has 2 aromatic rings. The maximum atomic E-state index is 5.47. The summed E-state index contributed by atoms with van der Waals surface area (Å²) in [6.45, 7) is 7.06. The highest BCUT2D eigenvalue weighted by molar-refractivity contribution is 14.0. The van der Waals surface area contributed by atoms with Crippen molar-refractivity contribution in [2.24, 2.45) is 4.99 Å². The van der Waals surface area contributed by atoms with Gasteiger partial charge in [0.2, 0.25) is 6.79 Å². The first-order valence-electron chi connectivity index (χ1n) is 10.5. The predicted molar refractivity (Wildman–Crippen MR) is 128 cm³/mol. The highest BCUT2D eigenvalue weighted by Crippen LogP contribution is 2.32. The number of benzene rings is 1. The van der Waals surface area contributed by atoms with Gasteiger partial charge in [0, 0.05) is 25.6 Å². The zero-order valence-electron chi connectivity index (χ0n) is 17.4. The van der Waals surface area contributed by atoms with Gasteiger partial charge in [0.25, 0.3) is 0 Å². The number of nitrogens with one attached hydrogen (secondary N) is 2. The fourth-order valence-corrected chi connectivity index (χ4v) is 3.90. The van der Waals surface area contributed by atoms with Crippen molar-refractivity contribution >= 4 is 29.9 Å². The molecular formula is C22H31IN4O3. The van der Waals surface area contributed by atoms with Crippen LogP contribution in [0.2, 0.25) is 0 Å². The van der Waals surface area contributed by atoms with E-state index in [0.717, 1.165) is 54.8 Å². The van der Waals surface area contributed by atoms with Gasteiger partial charge in [-0.15, -0.1) is 24.0 Å². The number of ether oxygens (including phenoxy) is 2. The smallest absolute Gasteiger partial charge is 0.231 e. The number of fused-ring (bicyclic) bond motifs is 1. The van der Waals surface area contributed by atoms with Crippen LogP contribution in [0.5, 0.6) is 11.5 Å². The van der Waals surface area contributed by atoms with Crippen LogP contribution in [0.25, 0.3) is 0 Å². The maximum absolute atomic E-state index is 5.47. The zero-order chi connectivity index (χ0) is 19.9. The molecule has 0 radical (unpaired) electrons. The molecule has 2 aliphatic heterocycles. The Hall–Kier alpha value is -1.94. The average Bonchev–Trinajstić information content (AvgIpc) is 3.50. The van der Waals surface area contributed by atoms with Gasteiger partial charge in [-0.2, -0.15) is 0 Å². The zero-order valence-corrected chi connectivity index (χ0v) is 19.8. The topological polar surface area (TPSA) is 71.3 Å². The standard InChI is InChI=1S/C22H30N4O3.HI/c1-2-26-11-3-5-18(26)15-25-22(23-10-9-19-6-4-12-27-19)24-14-17-7-8-20-21(13-17)29-16-28-20;/h4,6-8,12-13,18H,2-3,5,9-11,14-16H2,1H3,(H2,23,24,25);1H. The monoisotopic (exact) mass is 526 g/mol. The summed E-state index contributed by atoms with van der Waals surface area (Å²) in [5.41, 5.74) is 1.09. The molecule has 0 aliphatic carbocycles. The number of hydrogen-bond acceptors (Lipinski definition) is 5. The van der Waals surface area contributed by atoms with Crippen molar-refractivity contribution in [1.82, 2.24) is 15.5 Å². The largest absolute Gasteiger partial charge is 0.469 e. The number of likely N-dealkylation sites (tertiary alicyclic amines) is 1. The van der Waals surface area contributed by atoms with Gasteiger partial charge in [-0.1, -0.05) is 13.0 Å². The molecule has 0 bridgehead atoms. The minimum absolute atomic E-state index is 0. The minimum atomic E-state index is 0. The molecule has 1 atom stereocenters. The molecule has 0 spiro atoms. The average molecular weight is 526 g/mol. The van der Waals surface area contributed by atoms with Crippen molar-refractivity contribution in [3.63, 3.8) is 0 Å². The van der Waals surface area contributed by atoms with Gasteiger partial charge in [0.1, 0.15) is 5.76 Å². The Morgan fingerprint density at radius 3 is 2.93 bits per heavy atom. The van der Waals surface area contributed by atoms with Gasteiger partial charge in [0.05, 0.1) is 12.8 Å². The lowest BCUT2D eigenvalue weighted by Crippen LogP contribution is -2.45. The third-order valence-corrected chi connectivity index (χ3v) is 5.51. The summed E-state index contributed by atoms with van der Waals surface area (Å²) in [5, 5.41) is 6.98. The van der Waals surface area contributed by atoms with Crippen molar-refractivity contribution in [3.8, 4) is 11.5 Å². The molecule has 2 aliphatic rings. The van der Waals surface area contributed by atoms with E-state index in [4.69, 9.17) is 18.9 Å². The summed E-state index contributed by atoms with van der Waals surface area (Å²) < 4.78 is 16.3. The van der Waals surface area contributed by atoms with Crippen LogP contribution >= 0.6 is 24.0 Å². The molecule has 30 heavy (non-hydrogen) atoms. The van der Waals surface area contributed by atoms with E-state index in [1.165, 1.54) is 19.4 Å². The molecule has 3 heterocycles. The van der Waals surface area contributed by atoms with Crippen molar-refractivity contribution < 1.29 is 13.9 Å². The predicted octanol–water partition coefficient (Wildman–Crippen LogP) is 3.39. The van der Waals surface area contributed by atoms with Crippen LogP contribution in [0.4, 0.5) is 0 Å². The van der Waals surface area contributed by atoms with E-state index in [9.17, 15) is 0 Å². The summed E-state index contributed by atoms with van der Waals surface area (Å²) in [5.74, 6) is 3.40. The van der Waals surface area contributed by atoms with Crippen molar-refractivity contribution in [1.29, 1.82) is 0 Å². The second-order valence-corrected chi connectivity index (χ2v) is 7.41. The van der Waals surface area contributed by atoms with Gasteiger partial charge in [0.15, 0.2) is 17.5 Å². The summed E-state index contributed by atoms with van der Waals surface area (Å²) in [6, 6.07) is 10.5. The molecule has 1 unspecified atom stereocenters. The molecule has 1 fully saturated rings. The van der Waals surface area contributed by atoms with E-state index in [2.05, 4.69) is 22.5 Å². The Balaban J connectivity index is 0.00000256. The third-order valence-electron chi connectivity index (χ3n) is 5.51. The fourth-order valence-electron chi connectivity index (χ4n) is 3.90. The Bertz CT molecular complexity index is 813. The van der Waals surface area contributed by atoms with Crippen molar-refractivity contribution in [2.75, 3.05) is 33.0 Å². The molecule has 0 amide bonds. The number of furan rings is 1. The Morgan fingerprint density at radius 1 is 1.20 bits per heavy atom. The van der Waals surface area contributed by atoms with Gasteiger partial charge in [-0.05, 0) is 55.8 Å². The maximum Gasteiger partial charge on any atom is 0.231 e. The van der Waals surface area contributed by atoms with E-state index in [-0.39, 0.29) is 24.0 Å². The van der Waals surface area contributed by atoms with Crippen molar-refractivity contribution in [2.45, 2.75) is 38.8 Å². The molecule has 1 aromatic carbocycles. The fraction of sp³-hybridized carbons (Fsp3) is 0.500. The Labute approximate surface area is 195 Å². The van der Waals surface area contributed by atoms with Crippen LogP contribution in [0.1, 0.15) is 31.1 Å². The molecule has 0 saturated carbocycles. The van der Waals surface area contributed by atoms with Gasteiger partial charge >= 0.3 is 0 Å². The number of rotatable bonds is 8. The first-order chi connectivity index (χ1) is 14.3. The number of hydrogen-bond donors (Lipinski definition) is 2. The van der Waals surface area contributed by atoms with Crippen molar-refractivity contribution in [3.05, 3.63) is 47.9 Å². The lowest BCUT2D eigenvalue weighted by atomic mass is 10.2. The van der Waals surface area contributed by atoms with E-state index in [1.807, 2.05) is 30.3 Å². The Kier molecular flexibility index (Phi) is 8.68. The summed E-state index contributed by atoms with van der Waals surface area (Å²) in [7, 11) is 0. The van der Waals surface area contributed by atoms with Gasteiger partial charge in [-0.25, -0.2) is 4.99 Å². The van der Waals surface area contributed by atoms with Gasteiger partial charge in [-0.3, -0.25) is 4.90 Å². The highest BCUT2D eigenvalue weighted by Gasteiger charge is 2.22. The molecular weight excluding hydrogens is 495 g/mol. The van der Waals surface area contributed by atoms with E-state index < -0.39 is 0 Å². The van der Waals surface area contributed by atoms with Crippen LogP contribution in [0.15, 0.2) is 46.0 Å². The number of likely N-dealkylation sites (N-methyl/N-ethyl adjacent to an activating group) is 1. The molecule has 2 N–H and O–H groups in total. The second-order valence-electron chi connectivity index (χ2n) is 7.41. The van der Waals surface area contributed by atoms with Crippen LogP contribution in [0.3, 0.4) is 0 Å². The van der Waals surface area contributed by atoms with Gasteiger partial charge < -0.3 is 24.5 Å². The second kappa shape index (κ2) is 11.5. The molecule has 8 heteroatoms. The van der Waals surface area contributed by atoms with E-state index >= 15 is 0 Å². The molecule has 164 valence electrons. The minimum Gasteiger partial charge on any atom is -0.469 e. The van der Waals surface area contributed by atoms with E-state index in [0.29, 0.717) is 19.4 Å². The number of nitrogens with zero attached hydrogens (tertiary/aromatic N) is 2. The van der Waals surface area contributed by atoms with Crippen LogP contribution < -0.4 is 20.1 Å². The van der Waals surface area contributed by atoms with Crippen LogP contribution in [0, 0.1) is 0 Å². The quantitative estimate of drug-likeness (QED) is 0.312. The van der Waals surface area contributed by atoms with E-state index in [1.54, 1.807) is 6.26 Å². The molecule has 1 aromatic heterocycles. The first kappa shape index (κ1) is 22.7. The Morgan fingerprint density at radius 2 is 2.10 bits per heavy atom. The first-order valence-corrected chi connectivity index (χ1v) is 10.5. The number of aliphatic imine (C=N–C) groups is 1. The summed E-state index contributed by atoms with van der Waals surface area (Å²) in [4.78, 5) is 7.33. The number of guanidine groups is 1. The normalized spacial score (nSPS) is 18.3. The highest BCUT2D eigenvalue weighted by atomic mass is 127. The molecule has 1 saturated heterocycles. The summed E-state index contributed by atoms with van der Waals surface area (Å²) in [6.07, 6.45) is 5.04. The SMILES string of the molecule is CCN1CCCC1CNC(=NCc1ccc2c(c1)OCO2)NCCc1ccco1.I.